The number of hydrogen-bond acceptors (Lipinski definition) is 5. The Kier molecular flexibility index (Phi) is 5.24. The maximum atomic E-state index is 12.2. The lowest BCUT2D eigenvalue weighted by Crippen LogP contribution is -2.37. The van der Waals surface area contributed by atoms with E-state index in [0.29, 0.717) is 10.9 Å². The fraction of sp³-hybridized carbons (Fsp3) is 0.250. The molecule has 2 rings (SSSR count). The molecule has 2 aromatic rings. The van der Waals surface area contributed by atoms with Crippen molar-refractivity contribution in [2.75, 3.05) is 6.54 Å². The van der Waals surface area contributed by atoms with Gasteiger partial charge in [0.1, 0.15) is 6.54 Å². The third-order valence-corrected chi connectivity index (χ3v) is 3.13. The van der Waals surface area contributed by atoms with Crippen molar-refractivity contribution < 1.29 is 14.3 Å². The molecule has 23 heavy (non-hydrogen) atoms. The zero-order chi connectivity index (χ0) is 16.8. The van der Waals surface area contributed by atoms with Crippen LogP contribution in [0.2, 0.25) is 0 Å². The van der Waals surface area contributed by atoms with Crippen LogP contribution in [-0.4, -0.2) is 34.1 Å². The van der Waals surface area contributed by atoms with E-state index >= 15 is 0 Å². The SMILES string of the molecule is C=CCNC(=O)[C@@H](C)OC(=O)Cn1cnc2ccccc2c1=O. The van der Waals surface area contributed by atoms with Crippen molar-refractivity contribution in [3.63, 3.8) is 0 Å². The predicted molar refractivity (Wildman–Crippen MR) is 84.8 cm³/mol. The summed E-state index contributed by atoms with van der Waals surface area (Å²) < 4.78 is 6.16. The first-order valence-corrected chi connectivity index (χ1v) is 7.05. The highest BCUT2D eigenvalue weighted by Crippen LogP contribution is 2.04. The third-order valence-electron chi connectivity index (χ3n) is 3.13. The quantitative estimate of drug-likeness (QED) is 0.624. The molecule has 0 aliphatic heterocycles. The molecule has 0 fully saturated rings. The fourth-order valence-electron chi connectivity index (χ4n) is 1.96. The second kappa shape index (κ2) is 7.35. The number of hydrogen-bond donors (Lipinski definition) is 1. The third kappa shape index (κ3) is 4.03. The van der Waals surface area contributed by atoms with Gasteiger partial charge in [0.05, 0.1) is 17.2 Å². The zero-order valence-corrected chi connectivity index (χ0v) is 12.7. The minimum atomic E-state index is -0.952. The van der Waals surface area contributed by atoms with Gasteiger partial charge in [0.25, 0.3) is 11.5 Å². The average molecular weight is 315 g/mol. The summed E-state index contributed by atoms with van der Waals surface area (Å²) in [6.07, 6.45) is 1.85. The molecule has 0 unspecified atom stereocenters. The Hall–Kier alpha value is -2.96. The van der Waals surface area contributed by atoms with Crippen molar-refractivity contribution >= 4 is 22.8 Å². The standard InChI is InChI=1S/C16H17N3O4/c1-3-8-17-15(21)11(2)23-14(20)9-19-10-18-13-7-5-4-6-12(13)16(19)22/h3-7,10-11H,1,8-9H2,2H3,(H,17,21)/t11-/m1/s1. The lowest BCUT2D eigenvalue weighted by molar-refractivity contribution is -0.155. The Labute approximate surface area is 132 Å². The minimum Gasteiger partial charge on any atom is -0.451 e. The van der Waals surface area contributed by atoms with E-state index < -0.39 is 18.0 Å². The summed E-state index contributed by atoms with van der Waals surface area (Å²) in [4.78, 5) is 39.9. The number of rotatable bonds is 6. The summed E-state index contributed by atoms with van der Waals surface area (Å²) >= 11 is 0. The Bertz CT molecular complexity index is 797. The Morgan fingerprint density at radius 3 is 2.91 bits per heavy atom. The van der Waals surface area contributed by atoms with Gasteiger partial charge >= 0.3 is 5.97 Å². The number of carbonyl (C=O) groups is 2. The molecule has 0 radical (unpaired) electrons. The number of para-hydroxylation sites is 1. The zero-order valence-electron chi connectivity index (χ0n) is 12.7. The molecule has 7 nitrogen and oxygen atoms in total. The topological polar surface area (TPSA) is 90.3 Å². The highest BCUT2D eigenvalue weighted by atomic mass is 16.5. The van der Waals surface area contributed by atoms with Crippen LogP contribution in [0.25, 0.3) is 10.9 Å². The molecule has 0 bridgehead atoms. The van der Waals surface area contributed by atoms with Gasteiger partial charge in [-0.3, -0.25) is 19.0 Å². The molecule has 0 saturated carbocycles. The lowest BCUT2D eigenvalue weighted by Gasteiger charge is -2.13. The maximum Gasteiger partial charge on any atom is 0.326 e. The highest BCUT2D eigenvalue weighted by molar-refractivity contribution is 5.83. The molecule has 0 spiro atoms. The van der Waals surface area contributed by atoms with E-state index in [0.717, 1.165) is 4.57 Å². The van der Waals surface area contributed by atoms with Crippen molar-refractivity contribution in [3.05, 3.63) is 53.6 Å². The van der Waals surface area contributed by atoms with Gasteiger partial charge in [-0.25, -0.2) is 4.98 Å². The van der Waals surface area contributed by atoms with E-state index in [1.165, 1.54) is 19.3 Å². The molecule has 1 heterocycles. The molecule has 0 aliphatic rings. The smallest absolute Gasteiger partial charge is 0.326 e. The molecule has 0 aliphatic carbocycles. The Balaban J connectivity index is 2.06. The summed E-state index contributed by atoms with van der Waals surface area (Å²) in [6, 6.07) is 6.85. The number of ether oxygens (including phenoxy) is 1. The first-order valence-electron chi connectivity index (χ1n) is 7.05. The van der Waals surface area contributed by atoms with Gasteiger partial charge in [0, 0.05) is 6.54 Å². The van der Waals surface area contributed by atoms with E-state index in [1.807, 2.05) is 0 Å². The van der Waals surface area contributed by atoms with E-state index in [4.69, 9.17) is 4.74 Å². The minimum absolute atomic E-state index is 0.286. The molecular weight excluding hydrogens is 298 g/mol. The van der Waals surface area contributed by atoms with Crippen molar-refractivity contribution in [2.45, 2.75) is 19.6 Å². The second-order valence-corrected chi connectivity index (χ2v) is 4.86. The van der Waals surface area contributed by atoms with Crippen molar-refractivity contribution in [2.24, 2.45) is 0 Å². The summed E-state index contributed by atoms with van der Waals surface area (Å²) in [7, 11) is 0. The number of nitrogens with one attached hydrogen (secondary N) is 1. The molecule has 120 valence electrons. The summed E-state index contributed by atoms with van der Waals surface area (Å²) in [5.74, 6) is -1.12. The van der Waals surface area contributed by atoms with Crippen LogP contribution in [0.5, 0.6) is 0 Å². The molecule has 1 N–H and O–H groups in total. The van der Waals surface area contributed by atoms with Gasteiger partial charge < -0.3 is 10.1 Å². The Morgan fingerprint density at radius 1 is 1.43 bits per heavy atom. The highest BCUT2D eigenvalue weighted by Gasteiger charge is 2.18. The number of amides is 1. The average Bonchev–Trinajstić information content (AvgIpc) is 2.55. The molecule has 7 heteroatoms. The second-order valence-electron chi connectivity index (χ2n) is 4.86. The first-order chi connectivity index (χ1) is 11.0. The number of carbonyl (C=O) groups excluding carboxylic acids is 2. The van der Waals surface area contributed by atoms with Crippen LogP contribution in [-0.2, 0) is 20.9 Å². The number of fused-ring (bicyclic) bond motifs is 1. The van der Waals surface area contributed by atoms with Gasteiger partial charge in [0.2, 0.25) is 0 Å². The van der Waals surface area contributed by atoms with Crippen LogP contribution in [0.4, 0.5) is 0 Å². The molecule has 1 amide bonds. The molecular formula is C16H17N3O4. The normalized spacial score (nSPS) is 11.7. The predicted octanol–water partition coefficient (Wildman–Crippen LogP) is 0.630. The van der Waals surface area contributed by atoms with Crippen LogP contribution in [0.15, 0.2) is 48.0 Å². The Morgan fingerprint density at radius 2 is 2.17 bits per heavy atom. The van der Waals surface area contributed by atoms with Gasteiger partial charge in [-0.05, 0) is 19.1 Å². The molecule has 0 saturated heterocycles. The van der Waals surface area contributed by atoms with E-state index in [2.05, 4.69) is 16.9 Å². The first kappa shape index (κ1) is 16.4. The number of aromatic nitrogens is 2. The van der Waals surface area contributed by atoms with Crippen molar-refractivity contribution in [1.29, 1.82) is 0 Å². The van der Waals surface area contributed by atoms with E-state index in [-0.39, 0.29) is 18.6 Å². The van der Waals surface area contributed by atoms with Crippen LogP contribution < -0.4 is 10.9 Å². The van der Waals surface area contributed by atoms with Gasteiger partial charge in [-0.1, -0.05) is 18.2 Å². The number of nitrogens with zero attached hydrogens (tertiary/aromatic N) is 2. The summed E-state index contributed by atoms with van der Waals surface area (Å²) in [6.45, 7) is 4.91. The van der Waals surface area contributed by atoms with Gasteiger partial charge in [-0.2, -0.15) is 0 Å². The van der Waals surface area contributed by atoms with Crippen LogP contribution in [0, 0.1) is 0 Å². The number of esters is 1. The van der Waals surface area contributed by atoms with Crippen molar-refractivity contribution in [1.82, 2.24) is 14.9 Å². The van der Waals surface area contributed by atoms with Crippen LogP contribution in [0.1, 0.15) is 6.92 Å². The lowest BCUT2D eigenvalue weighted by atomic mass is 10.2. The maximum absolute atomic E-state index is 12.2. The number of benzene rings is 1. The van der Waals surface area contributed by atoms with Crippen LogP contribution in [0.3, 0.4) is 0 Å². The summed E-state index contributed by atoms with van der Waals surface area (Å²) in [5.41, 5.74) is 0.218. The monoisotopic (exact) mass is 315 g/mol. The van der Waals surface area contributed by atoms with E-state index in [9.17, 15) is 14.4 Å². The molecule has 1 atom stereocenters. The van der Waals surface area contributed by atoms with Gasteiger partial charge in [-0.15, -0.1) is 6.58 Å². The van der Waals surface area contributed by atoms with Gasteiger partial charge in [0.15, 0.2) is 6.10 Å². The van der Waals surface area contributed by atoms with E-state index in [1.54, 1.807) is 24.3 Å². The molecule has 1 aromatic heterocycles. The largest absolute Gasteiger partial charge is 0.451 e. The van der Waals surface area contributed by atoms with Crippen LogP contribution >= 0.6 is 0 Å². The summed E-state index contributed by atoms with van der Waals surface area (Å²) in [5, 5.41) is 2.94. The molecule has 1 aromatic carbocycles. The fourth-order valence-corrected chi connectivity index (χ4v) is 1.96. The van der Waals surface area contributed by atoms with Crippen molar-refractivity contribution in [3.8, 4) is 0 Å².